The average Bonchev–Trinajstić information content (AvgIpc) is 2.67. The number of nitrogens with one attached hydrogen (secondary N) is 1. The summed E-state index contributed by atoms with van der Waals surface area (Å²) in [6.07, 6.45) is 1.65. The molecule has 0 aliphatic carbocycles. The van der Waals surface area contributed by atoms with E-state index in [0.717, 1.165) is 5.56 Å². The number of carbonyl (C=O) groups is 1. The number of hydrogen-bond acceptors (Lipinski definition) is 4. The van der Waals surface area contributed by atoms with Crippen LogP contribution in [0.5, 0.6) is 11.5 Å². The molecule has 6 heteroatoms. The molecule has 0 radical (unpaired) electrons. The first kappa shape index (κ1) is 20.8. The molecule has 0 aromatic heterocycles. The number of halogens is 1. The average molecular weight is 389 g/mol. The van der Waals surface area contributed by atoms with Crippen LogP contribution in [0, 0.1) is 0 Å². The quantitative estimate of drug-likeness (QED) is 0.661. The van der Waals surface area contributed by atoms with E-state index in [1.165, 1.54) is 7.11 Å². The summed E-state index contributed by atoms with van der Waals surface area (Å²) >= 11 is 6.32. The van der Waals surface area contributed by atoms with Crippen molar-refractivity contribution in [3.05, 3.63) is 71.3 Å². The van der Waals surface area contributed by atoms with Gasteiger partial charge in [0.05, 0.1) is 13.2 Å². The molecule has 2 rings (SSSR count). The largest absolute Gasteiger partial charge is 0.493 e. The van der Waals surface area contributed by atoms with Crippen LogP contribution in [0.2, 0.25) is 5.02 Å². The molecule has 5 nitrogen and oxygen atoms in total. The van der Waals surface area contributed by atoms with E-state index in [9.17, 15) is 4.79 Å². The van der Waals surface area contributed by atoms with Gasteiger partial charge in [0, 0.05) is 17.1 Å². The smallest absolute Gasteiger partial charge is 0.251 e. The maximum atomic E-state index is 12.6. The molecular weight excluding hydrogens is 364 g/mol. The lowest BCUT2D eigenvalue weighted by Crippen LogP contribution is -2.34. The summed E-state index contributed by atoms with van der Waals surface area (Å²) in [6.45, 7) is 4.41. The van der Waals surface area contributed by atoms with Gasteiger partial charge in [0.15, 0.2) is 11.5 Å². The summed E-state index contributed by atoms with van der Waals surface area (Å²) in [5.74, 6) is 0.874. The van der Waals surface area contributed by atoms with Gasteiger partial charge in [-0.1, -0.05) is 42.5 Å². The molecule has 2 aromatic carbocycles. The van der Waals surface area contributed by atoms with Crippen molar-refractivity contribution in [1.82, 2.24) is 10.2 Å². The molecule has 0 saturated heterocycles. The predicted molar refractivity (Wildman–Crippen MR) is 109 cm³/mol. The number of carbonyl (C=O) groups excluding carboxylic acids is 1. The number of hydrogen-bond donors (Lipinski definition) is 1. The van der Waals surface area contributed by atoms with E-state index < -0.39 is 0 Å². The number of nitrogens with zero attached hydrogens (tertiary/aromatic N) is 1. The Bertz CT molecular complexity index is 793. The Morgan fingerprint density at radius 3 is 2.63 bits per heavy atom. The molecule has 0 fully saturated rings. The Kier molecular flexibility index (Phi) is 7.70. The van der Waals surface area contributed by atoms with Crippen molar-refractivity contribution in [3.8, 4) is 11.5 Å². The molecule has 0 heterocycles. The first-order chi connectivity index (χ1) is 13.0. The Hall–Kier alpha value is -2.50. The molecule has 1 amide bonds. The van der Waals surface area contributed by atoms with Crippen molar-refractivity contribution >= 4 is 17.5 Å². The number of methoxy groups -OCH3 is 1. The van der Waals surface area contributed by atoms with Crippen LogP contribution in [0.25, 0.3) is 0 Å². The van der Waals surface area contributed by atoms with Crippen molar-refractivity contribution < 1.29 is 14.3 Å². The molecule has 2 aromatic rings. The van der Waals surface area contributed by atoms with E-state index in [-0.39, 0.29) is 11.9 Å². The van der Waals surface area contributed by atoms with Crippen LogP contribution >= 0.6 is 11.6 Å². The Morgan fingerprint density at radius 1 is 1.26 bits per heavy atom. The van der Waals surface area contributed by atoms with Gasteiger partial charge in [-0.05, 0) is 43.9 Å². The monoisotopic (exact) mass is 388 g/mol. The second-order valence-corrected chi connectivity index (χ2v) is 6.58. The van der Waals surface area contributed by atoms with Crippen molar-refractivity contribution in [2.24, 2.45) is 0 Å². The SMILES string of the molecule is C=CCOc1ccc(C(=O)NCC(c2ccccc2Cl)N(C)C)cc1OC. The lowest BCUT2D eigenvalue weighted by molar-refractivity contribution is 0.0941. The first-order valence-corrected chi connectivity index (χ1v) is 8.96. The van der Waals surface area contributed by atoms with Crippen molar-refractivity contribution in [1.29, 1.82) is 0 Å². The van der Waals surface area contributed by atoms with Gasteiger partial charge in [-0.3, -0.25) is 4.79 Å². The van der Waals surface area contributed by atoms with Crippen molar-refractivity contribution in [2.45, 2.75) is 6.04 Å². The van der Waals surface area contributed by atoms with E-state index in [2.05, 4.69) is 11.9 Å². The fourth-order valence-electron chi connectivity index (χ4n) is 2.68. The lowest BCUT2D eigenvalue weighted by atomic mass is 10.1. The predicted octanol–water partition coefficient (Wildman–Crippen LogP) is 3.95. The topological polar surface area (TPSA) is 50.8 Å². The third kappa shape index (κ3) is 5.49. The van der Waals surface area contributed by atoms with E-state index in [4.69, 9.17) is 21.1 Å². The normalized spacial score (nSPS) is 11.7. The van der Waals surface area contributed by atoms with Crippen LogP contribution in [0.1, 0.15) is 22.0 Å². The molecule has 27 heavy (non-hydrogen) atoms. The van der Waals surface area contributed by atoms with Gasteiger partial charge in [0.25, 0.3) is 5.91 Å². The highest BCUT2D eigenvalue weighted by atomic mass is 35.5. The Labute approximate surface area is 165 Å². The van der Waals surface area contributed by atoms with Gasteiger partial charge in [0.1, 0.15) is 6.61 Å². The number of likely N-dealkylation sites (N-methyl/N-ethyl adjacent to an activating group) is 1. The zero-order valence-corrected chi connectivity index (χ0v) is 16.6. The third-order valence-electron chi connectivity index (χ3n) is 4.13. The summed E-state index contributed by atoms with van der Waals surface area (Å²) in [4.78, 5) is 14.6. The van der Waals surface area contributed by atoms with Crippen LogP contribution in [0.15, 0.2) is 55.1 Å². The van der Waals surface area contributed by atoms with Gasteiger partial charge in [-0.2, -0.15) is 0 Å². The standard InChI is InChI=1S/C21H25ClN2O3/c1-5-12-27-19-11-10-15(13-20(19)26-4)21(25)23-14-18(24(2)3)16-8-6-7-9-17(16)22/h5-11,13,18H,1,12,14H2,2-4H3,(H,23,25). The second-order valence-electron chi connectivity index (χ2n) is 6.18. The minimum absolute atomic E-state index is 0.0419. The minimum atomic E-state index is -0.192. The van der Waals surface area contributed by atoms with E-state index in [1.807, 2.05) is 43.3 Å². The molecule has 1 unspecified atom stereocenters. The molecular formula is C21H25ClN2O3. The van der Waals surface area contributed by atoms with E-state index in [0.29, 0.717) is 35.2 Å². The summed E-state index contributed by atoms with van der Waals surface area (Å²) in [5.41, 5.74) is 1.46. The molecule has 0 bridgehead atoms. The fraction of sp³-hybridized carbons (Fsp3) is 0.286. The van der Waals surface area contributed by atoms with Crippen LogP contribution in [-0.2, 0) is 0 Å². The lowest BCUT2D eigenvalue weighted by Gasteiger charge is -2.26. The van der Waals surface area contributed by atoms with Crippen LogP contribution in [0.4, 0.5) is 0 Å². The summed E-state index contributed by atoms with van der Waals surface area (Å²) < 4.78 is 10.8. The van der Waals surface area contributed by atoms with E-state index >= 15 is 0 Å². The maximum absolute atomic E-state index is 12.6. The van der Waals surface area contributed by atoms with Crippen molar-refractivity contribution in [3.63, 3.8) is 0 Å². The maximum Gasteiger partial charge on any atom is 0.251 e. The van der Waals surface area contributed by atoms with Gasteiger partial charge < -0.3 is 19.7 Å². The first-order valence-electron chi connectivity index (χ1n) is 8.58. The summed E-state index contributed by atoms with van der Waals surface area (Å²) in [5, 5.41) is 3.64. The molecule has 0 aliphatic rings. The molecule has 1 N–H and O–H groups in total. The Morgan fingerprint density at radius 2 is 2.00 bits per heavy atom. The van der Waals surface area contributed by atoms with Crippen molar-refractivity contribution in [2.75, 3.05) is 34.4 Å². The zero-order valence-electron chi connectivity index (χ0n) is 15.9. The summed E-state index contributed by atoms with van der Waals surface area (Å²) in [7, 11) is 5.45. The van der Waals surface area contributed by atoms with Gasteiger partial charge in [0.2, 0.25) is 0 Å². The number of ether oxygens (including phenoxy) is 2. The second kappa shape index (κ2) is 10.00. The van der Waals surface area contributed by atoms with Gasteiger partial charge >= 0.3 is 0 Å². The fourth-order valence-corrected chi connectivity index (χ4v) is 2.95. The molecule has 0 saturated carbocycles. The number of rotatable bonds is 9. The van der Waals surface area contributed by atoms with Crippen LogP contribution in [0.3, 0.4) is 0 Å². The number of amides is 1. The molecule has 0 spiro atoms. The minimum Gasteiger partial charge on any atom is -0.493 e. The summed E-state index contributed by atoms with van der Waals surface area (Å²) in [6, 6.07) is 12.7. The molecule has 0 aliphatic heterocycles. The number of benzene rings is 2. The molecule has 144 valence electrons. The van der Waals surface area contributed by atoms with Crippen LogP contribution < -0.4 is 14.8 Å². The van der Waals surface area contributed by atoms with Gasteiger partial charge in [-0.15, -0.1) is 0 Å². The van der Waals surface area contributed by atoms with Gasteiger partial charge in [-0.25, -0.2) is 0 Å². The highest BCUT2D eigenvalue weighted by molar-refractivity contribution is 6.31. The van der Waals surface area contributed by atoms with E-state index in [1.54, 1.807) is 24.3 Å². The zero-order chi connectivity index (χ0) is 19.8. The Balaban J connectivity index is 2.11. The van der Waals surface area contributed by atoms with Crippen LogP contribution in [-0.4, -0.2) is 45.2 Å². The third-order valence-corrected chi connectivity index (χ3v) is 4.47. The highest BCUT2D eigenvalue weighted by Crippen LogP contribution is 2.28. The molecule has 1 atom stereocenters. The highest BCUT2D eigenvalue weighted by Gasteiger charge is 2.19.